The van der Waals surface area contributed by atoms with E-state index in [0.29, 0.717) is 12.5 Å². The Kier molecular flexibility index (Phi) is 5.23. The molecule has 70 valence electrons. The Morgan fingerprint density at radius 2 is 1.92 bits per heavy atom. The summed E-state index contributed by atoms with van der Waals surface area (Å²) in [5, 5.41) is 0. The van der Waals surface area contributed by atoms with E-state index in [1.54, 1.807) is 0 Å². The Labute approximate surface area is 96.9 Å². The molecule has 0 fully saturated rings. The minimum atomic E-state index is 0.538. The lowest BCUT2D eigenvalue weighted by molar-refractivity contribution is 0.362. The van der Waals surface area contributed by atoms with Gasteiger partial charge in [-0.2, -0.15) is 0 Å². The zero-order chi connectivity index (χ0) is 9.52. The van der Waals surface area contributed by atoms with Gasteiger partial charge in [-0.05, 0) is 46.9 Å². The third-order valence-corrected chi connectivity index (χ3v) is 2.31. The van der Waals surface area contributed by atoms with Gasteiger partial charge in [0.1, 0.15) is 12.4 Å². The Bertz CT molecular complexity index is 269. The first-order valence-electron chi connectivity index (χ1n) is 3.92. The fourth-order valence-electron chi connectivity index (χ4n) is 0.806. The molecule has 3 heteroatoms. The Morgan fingerprint density at radius 1 is 1.23 bits per heavy atom. The third-order valence-electron chi connectivity index (χ3n) is 1.42. The second-order valence-corrected chi connectivity index (χ2v) is 3.94. The van der Waals surface area contributed by atoms with Crippen LogP contribution in [0.5, 0.6) is 5.75 Å². The van der Waals surface area contributed by atoms with Crippen LogP contribution in [0.1, 0.15) is 0 Å². The molecule has 0 unspecified atom stereocenters. The molecule has 1 rings (SSSR count). The second-order valence-electron chi connectivity index (χ2n) is 2.39. The number of ether oxygens (including phenoxy) is 1. The van der Waals surface area contributed by atoms with Crippen molar-refractivity contribution < 1.29 is 4.74 Å². The number of allylic oxidation sites excluding steroid dienone is 1. The van der Waals surface area contributed by atoms with E-state index in [0.717, 1.165) is 5.75 Å². The SMILES string of the molecule is ClCC=CCOc1ccc(I)cc1. The van der Waals surface area contributed by atoms with Gasteiger partial charge in [0, 0.05) is 9.45 Å². The predicted octanol–water partition coefficient (Wildman–Crippen LogP) is 3.47. The van der Waals surface area contributed by atoms with E-state index in [-0.39, 0.29) is 0 Å². The van der Waals surface area contributed by atoms with Gasteiger partial charge in [0.25, 0.3) is 0 Å². The summed E-state index contributed by atoms with van der Waals surface area (Å²) < 4.78 is 6.62. The summed E-state index contributed by atoms with van der Waals surface area (Å²) in [6, 6.07) is 7.94. The predicted molar refractivity (Wildman–Crippen MR) is 64.5 cm³/mol. The summed E-state index contributed by atoms with van der Waals surface area (Å²) in [6.07, 6.45) is 3.78. The topological polar surface area (TPSA) is 9.23 Å². The van der Waals surface area contributed by atoms with E-state index in [1.807, 2.05) is 36.4 Å². The van der Waals surface area contributed by atoms with Crippen molar-refractivity contribution in [3.63, 3.8) is 0 Å². The minimum absolute atomic E-state index is 0.538. The van der Waals surface area contributed by atoms with Gasteiger partial charge in [-0.15, -0.1) is 11.6 Å². The minimum Gasteiger partial charge on any atom is -0.490 e. The van der Waals surface area contributed by atoms with Crippen LogP contribution in [0, 0.1) is 3.57 Å². The fraction of sp³-hybridized carbons (Fsp3) is 0.200. The lowest BCUT2D eigenvalue weighted by atomic mass is 10.3. The van der Waals surface area contributed by atoms with Crippen LogP contribution in [0.25, 0.3) is 0 Å². The van der Waals surface area contributed by atoms with E-state index >= 15 is 0 Å². The van der Waals surface area contributed by atoms with Gasteiger partial charge in [0.2, 0.25) is 0 Å². The lowest BCUT2D eigenvalue weighted by Gasteiger charge is -2.01. The highest BCUT2D eigenvalue weighted by Gasteiger charge is 1.90. The Hall–Kier alpha value is -0.220. The number of alkyl halides is 1. The zero-order valence-electron chi connectivity index (χ0n) is 7.04. The van der Waals surface area contributed by atoms with Gasteiger partial charge in [-0.1, -0.05) is 12.2 Å². The van der Waals surface area contributed by atoms with E-state index in [2.05, 4.69) is 22.6 Å². The summed E-state index contributed by atoms with van der Waals surface area (Å²) in [7, 11) is 0. The van der Waals surface area contributed by atoms with Crippen LogP contribution in [0.2, 0.25) is 0 Å². The molecule has 0 atom stereocenters. The highest BCUT2D eigenvalue weighted by Crippen LogP contribution is 2.13. The molecule has 0 bridgehead atoms. The molecule has 0 radical (unpaired) electrons. The van der Waals surface area contributed by atoms with Crippen molar-refractivity contribution in [2.45, 2.75) is 0 Å². The van der Waals surface area contributed by atoms with E-state index < -0.39 is 0 Å². The highest BCUT2D eigenvalue weighted by atomic mass is 127. The highest BCUT2D eigenvalue weighted by molar-refractivity contribution is 14.1. The maximum Gasteiger partial charge on any atom is 0.119 e. The summed E-state index contributed by atoms with van der Waals surface area (Å²) in [5.74, 6) is 1.43. The molecule has 0 heterocycles. The Balaban J connectivity index is 2.37. The van der Waals surface area contributed by atoms with Gasteiger partial charge in [0.15, 0.2) is 0 Å². The van der Waals surface area contributed by atoms with Gasteiger partial charge >= 0.3 is 0 Å². The average Bonchev–Trinajstić information content (AvgIpc) is 2.15. The van der Waals surface area contributed by atoms with Gasteiger partial charge in [0.05, 0.1) is 0 Å². The molecule has 1 aromatic carbocycles. The first-order chi connectivity index (χ1) is 6.33. The monoisotopic (exact) mass is 308 g/mol. The Morgan fingerprint density at radius 3 is 2.54 bits per heavy atom. The van der Waals surface area contributed by atoms with E-state index in [1.165, 1.54) is 3.57 Å². The summed E-state index contributed by atoms with van der Waals surface area (Å²) in [6.45, 7) is 0.577. The van der Waals surface area contributed by atoms with Crippen molar-refractivity contribution in [1.29, 1.82) is 0 Å². The summed E-state index contributed by atoms with van der Waals surface area (Å²) in [5.41, 5.74) is 0. The largest absolute Gasteiger partial charge is 0.490 e. The van der Waals surface area contributed by atoms with Crippen LogP contribution in [0.4, 0.5) is 0 Å². The van der Waals surface area contributed by atoms with Gasteiger partial charge < -0.3 is 4.74 Å². The molecule has 1 aromatic rings. The maximum absolute atomic E-state index is 5.46. The molecule has 0 aromatic heterocycles. The van der Waals surface area contributed by atoms with Crippen molar-refractivity contribution in [2.75, 3.05) is 12.5 Å². The number of rotatable bonds is 4. The first-order valence-corrected chi connectivity index (χ1v) is 5.53. The molecular formula is C10H10ClIO. The van der Waals surface area contributed by atoms with Crippen molar-refractivity contribution in [2.24, 2.45) is 0 Å². The summed E-state index contributed by atoms with van der Waals surface area (Å²) in [4.78, 5) is 0. The molecule has 0 N–H and O–H groups in total. The number of hydrogen-bond donors (Lipinski definition) is 0. The molecule has 0 aliphatic carbocycles. The standard InChI is InChI=1S/C10H10ClIO/c11-7-1-2-8-13-10-5-3-9(12)4-6-10/h1-6H,7-8H2. The molecule has 13 heavy (non-hydrogen) atoms. The zero-order valence-corrected chi connectivity index (χ0v) is 9.96. The number of hydrogen-bond acceptors (Lipinski definition) is 1. The van der Waals surface area contributed by atoms with Crippen LogP contribution < -0.4 is 4.74 Å². The average molecular weight is 309 g/mol. The third kappa shape index (κ3) is 4.52. The van der Waals surface area contributed by atoms with Crippen molar-refractivity contribution >= 4 is 34.2 Å². The van der Waals surface area contributed by atoms with E-state index in [4.69, 9.17) is 16.3 Å². The smallest absolute Gasteiger partial charge is 0.119 e. The molecule has 0 aliphatic heterocycles. The normalized spacial score (nSPS) is 10.6. The molecule has 0 saturated heterocycles. The fourth-order valence-corrected chi connectivity index (χ4v) is 1.29. The molecule has 0 aliphatic rings. The van der Waals surface area contributed by atoms with Crippen molar-refractivity contribution in [1.82, 2.24) is 0 Å². The van der Waals surface area contributed by atoms with Crippen LogP contribution >= 0.6 is 34.2 Å². The molecule has 0 saturated carbocycles. The lowest BCUT2D eigenvalue weighted by Crippen LogP contribution is -1.92. The van der Waals surface area contributed by atoms with Crippen molar-refractivity contribution in [3.05, 3.63) is 40.0 Å². The summed E-state index contributed by atoms with van der Waals surface area (Å²) >= 11 is 7.72. The number of benzene rings is 1. The molecule has 0 amide bonds. The molecular weight excluding hydrogens is 298 g/mol. The van der Waals surface area contributed by atoms with Crippen LogP contribution in [-0.2, 0) is 0 Å². The second kappa shape index (κ2) is 6.27. The molecule has 0 spiro atoms. The van der Waals surface area contributed by atoms with Crippen LogP contribution in [-0.4, -0.2) is 12.5 Å². The molecule has 1 nitrogen and oxygen atoms in total. The van der Waals surface area contributed by atoms with Gasteiger partial charge in [-0.25, -0.2) is 0 Å². The van der Waals surface area contributed by atoms with E-state index in [9.17, 15) is 0 Å². The van der Waals surface area contributed by atoms with Crippen molar-refractivity contribution in [3.8, 4) is 5.75 Å². The maximum atomic E-state index is 5.46. The van der Waals surface area contributed by atoms with Gasteiger partial charge in [-0.3, -0.25) is 0 Å². The van der Waals surface area contributed by atoms with Crippen LogP contribution in [0.15, 0.2) is 36.4 Å². The first kappa shape index (κ1) is 10.9. The quantitative estimate of drug-likeness (QED) is 0.470. The van der Waals surface area contributed by atoms with Crippen LogP contribution in [0.3, 0.4) is 0 Å². The number of halogens is 2.